The Kier molecular flexibility index (Phi) is 14.9. The summed E-state index contributed by atoms with van der Waals surface area (Å²) in [5.74, 6) is 1.46. The monoisotopic (exact) mass is 539 g/mol. The lowest BCUT2D eigenvalue weighted by Crippen LogP contribution is -2.52. The lowest BCUT2D eigenvalue weighted by Gasteiger charge is -2.26. The number of pyridine rings is 1. The maximum Gasteiger partial charge on any atom is 0.159 e. The molecule has 2 aromatic heterocycles. The Morgan fingerprint density at radius 2 is 1.77 bits per heavy atom. The van der Waals surface area contributed by atoms with Gasteiger partial charge in [-0.05, 0) is 71.9 Å². The molecule has 1 aliphatic rings. The van der Waals surface area contributed by atoms with Crippen molar-refractivity contribution >= 4 is 16.9 Å². The van der Waals surface area contributed by atoms with Crippen LogP contribution in [0.3, 0.4) is 0 Å². The second-order valence-electron chi connectivity index (χ2n) is 10.9. The van der Waals surface area contributed by atoms with Crippen LogP contribution in [0.5, 0.6) is 5.75 Å². The van der Waals surface area contributed by atoms with E-state index in [1.54, 1.807) is 24.3 Å². The van der Waals surface area contributed by atoms with E-state index in [0.29, 0.717) is 23.9 Å². The summed E-state index contributed by atoms with van der Waals surface area (Å²) in [7, 11) is 6.32. The van der Waals surface area contributed by atoms with Gasteiger partial charge in [-0.1, -0.05) is 44.9 Å². The highest BCUT2D eigenvalue weighted by Gasteiger charge is 2.13. The first kappa shape index (κ1) is 32.5. The highest BCUT2D eigenvalue weighted by Crippen LogP contribution is 2.20. The standard InChI is InChI=1S/C19H33N5.C6H14N2.C6H6O/c1-6-8-10-18-22-17-13-16(14-20-19(17)24(18)5)21-15(9-7-2)11-12-23(3)4;1-5-3-7-4-6(2)8-5;7-6-4-2-1-3-5-6/h13-15,21H,6-12H2,1-5H3;5-8H,3-4H2,1-2H3;1-5,7H/t15-;;/m0../s1. The number of fused-ring (bicyclic) bond motifs is 1. The van der Waals surface area contributed by atoms with Gasteiger partial charge in [0.15, 0.2) is 5.65 Å². The third kappa shape index (κ3) is 12.4. The average Bonchev–Trinajstić information content (AvgIpc) is 3.21. The van der Waals surface area contributed by atoms with Crippen LogP contribution in [0.4, 0.5) is 5.69 Å². The number of hydrogen-bond donors (Lipinski definition) is 4. The molecule has 1 aliphatic heterocycles. The van der Waals surface area contributed by atoms with Crippen molar-refractivity contribution in [1.82, 2.24) is 30.1 Å². The van der Waals surface area contributed by atoms with Crippen LogP contribution in [0, 0.1) is 0 Å². The number of aromatic hydroxyl groups is 1. The number of rotatable bonds is 10. The Morgan fingerprint density at radius 3 is 2.28 bits per heavy atom. The fraction of sp³-hybridized carbons (Fsp3) is 0.613. The number of aryl methyl sites for hydroxylation is 2. The van der Waals surface area contributed by atoms with Crippen molar-refractivity contribution in [3.05, 3.63) is 48.4 Å². The summed E-state index contributed by atoms with van der Waals surface area (Å²) in [6.45, 7) is 12.2. The lowest BCUT2D eigenvalue weighted by atomic mass is 10.1. The quantitative estimate of drug-likeness (QED) is 0.282. The average molecular weight is 540 g/mol. The molecule has 0 spiro atoms. The van der Waals surface area contributed by atoms with Gasteiger partial charge in [0.1, 0.15) is 17.1 Å². The first-order valence-electron chi connectivity index (χ1n) is 14.7. The van der Waals surface area contributed by atoms with E-state index in [0.717, 1.165) is 55.2 Å². The molecule has 4 N–H and O–H groups in total. The largest absolute Gasteiger partial charge is 0.508 e. The fourth-order valence-electron chi connectivity index (χ4n) is 4.60. The van der Waals surface area contributed by atoms with Crippen molar-refractivity contribution in [3.8, 4) is 5.75 Å². The Morgan fingerprint density at radius 1 is 1.08 bits per heavy atom. The number of benzene rings is 1. The molecule has 1 fully saturated rings. The van der Waals surface area contributed by atoms with Crippen molar-refractivity contribution in [2.24, 2.45) is 7.05 Å². The maximum absolute atomic E-state index is 8.63. The van der Waals surface area contributed by atoms with Gasteiger partial charge in [-0.3, -0.25) is 0 Å². The number of piperazine rings is 1. The fourth-order valence-corrected chi connectivity index (χ4v) is 4.60. The Labute approximate surface area is 236 Å². The molecule has 39 heavy (non-hydrogen) atoms. The number of nitrogens with zero attached hydrogens (tertiary/aromatic N) is 4. The molecule has 0 radical (unpaired) electrons. The molecule has 0 aliphatic carbocycles. The van der Waals surface area contributed by atoms with Crippen molar-refractivity contribution in [2.45, 2.75) is 84.3 Å². The number of unbranched alkanes of at least 4 members (excludes halogenated alkanes) is 1. The van der Waals surface area contributed by atoms with E-state index in [-0.39, 0.29) is 0 Å². The molecule has 2 unspecified atom stereocenters. The number of phenols is 1. The molecule has 3 atom stereocenters. The Hall–Kier alpha value is -2.68. The van der Waals surface area contributed by atoms with E-state index in [2.05, 4.69) is 85.3 Å². The van der Waals surface area contributed by atoms with Gasteiger partial charge in [-0.15, -0.1) is 0 Å². The minimum atomic E-state index is 0.322. The molecule has 4 rings (SSSR count). The highest BCUT2D eigenvalue weighted by molar-refractivity contribution is 5.75. The molecule has 3 heterocycles. The summed E-state index contributed by atoms with van der Waals surface area (Å²) < 4.78 is 2.13. The third-order valence-electron chi connectivity index (χ3n) is 6.71. The molecule has 0 bridgehead atoms. The number of para-hydroxylation sites is 1. The van der Waals surface area contributed by atoms with E-state index >= 15 is 0 Å². The van der Waals surface area contributed by atoms with Crippen LogP contribution in [-0.2, 0) is 13.5 Å². The van der Waals surface area contributed by atoms with Crippen LogP contribution in [0.2, 0.25) is 0 Å². The SMILES string of the molecule is CC1CNCC(C)N1.CCCCc1nc2cc(N[C@@H](CCC)CCN(C)C)cnc2n1C.Oc1ccccc1. The van der Waals surface area contributed by atoms with Gasteiger partial charge < -0.3 is 30.5 Å². The first-order chi connectivity index (χ1) is 18.7. The molecule has 1 saturated heterocycles. The second-order valence-corrected chi connectivity index (χ2v) is 10.9. The summed E-state index contributed by atoms with van der Waals surface area (Å²) >= 11 is 0. The summed E-state index contributed by atoms with van der Waals surface area (Å²) in [5.41, 5.74) is 3.06. The van der Waals surface area contributed by atoms with E-state index < -0.39 is 0 Å². The minimum Gasteiger partial charge on any atom is -0.508 e. The van der Waals surface area contributed by atoms with E-state index in [1.807, 2.05) is 12.3 Å². The van der Waals surface area contributed by atoms with Crippen LogP contribution < -0.4 is 16.0 Å². The lowest BCUT2D eigenvalue weighted by molar-refractivity contribution is 0.370. The molecule has 8 heteroatoms. The van der Waals surface area contributed by atoms with Crippen LogP contribution in [0.1, 0.15) is 65.6 Å². The molecule has 3 aromatic rings. The van der Waals surface area contributed by atoms with Gasteiger partial charge >= 0.3 is 0 Å². The molecule has 8 nitrogen and oxygen atoms in total. The number of hydrogen-bond acceptors (Lipinski definition) is 7. The van der Waals surface area contributed by atoms with Crippen LogP contribution in [0.25, 0.3) is 11.2 Å². The van der Waals surface area contributed by atoms with Crippen molar-refractivity contribution < 1.29 is 5.11 Å². The zero-order valence-electron chi connectivity index (χ0n) is 25.4. The van der Waals surface area contributed by atoms with Crippen LogP contribution in [0.15, 0.2) is 42.6 Å². The van der Waals surface area contributed by atoms with Gasteiger partial charge in [0.2, 0.25) is 0 Å². The number of phenolic OH excluding ortho intramolecular Hbond substituents is 1. The Balaban J connectivity index is 0.000000286. The predicted octanol–water partition coefficient (Wildman–Crippen LogP) is 5.19. The third-order valence-corrected chi connectivity index (χ3v) is 6.71. The summed E-state index contributed by atoms with van der Waals surface area (Å²) in [4.78, 5) is 11.7. The molecule has 0 amide bonds. The Bertz CT molecular complexity index is 1050. The normalized spacial score (nSPS) is 17.6. The molecule has 0 saturated carbocycles. The second kappa shape index (κ2) is 17.8. The van der Waals surface area contributed by atoms with Gasteiger partial charge in [0.25, 0.3) is 0 Å². The number of imidazole rings is 1. The number of nitrogens with one attached hydrogen (secondary N) is 3. The number of aromatic nitrogens is 3. The van der Waals surface area contributed by atoms with Crippen LogP contribution >= 0.6 is 0 Å². The van der Waals surface area contributed by atoms with Crippen LogP contribution in [-0.4, -0.2) is 76.4 Å². The van der Waals surface area contributed by atoms with Crippen molar-refractivity contribution in [3.63, 3.8) is 0 Å². The van der Waals surface area contributed by atoms with E-state index in [9.17, 15) is 0 Å². The first-order valence-corrected chi connectivity index (χ1v) is 14.7. The predicted molar refractivity (Wildman–Crippen MR) is 166 cm³/mol. The summed E-state index contributed by atoms with van der Waals surface area (Å²) in [5, 5.41) is 19.0. The molecule has 218 valence electrons. The van der Waals surface area contributed by atoms with E-state index in [4.69, 9.17) is 10.1 Å². The van der Waals surface area contributed by atoms with Crippen molar-refractivity contribution in [1.29, 1.82) is 0 Å². The zero-order valence-corrected chi connectivity index (χ0v) is 25.4. The minimum absolute atomic E-state index is 0.322. The van der Waals surface area contributed by atoms with Gasteiger partial charge in [-0.25, -0.2) is 9.97 Å². The summed E-state index contributed by atoms with van der Waals surface area (Å²) in [6, 6.07) is 12.7. The zero-order chi connectivity index (χ0) is 28.6. The van der Waals surface area contributed by atoms with Gasteiger partial charge in [0, 0.05) is 44.7 Å². The van der Waals surface area contributed by atoms with Crippen molar-refractivity contribution in [2.75, 3.05) is 39.0 Å². The topological polar surface area (TPSA) is 90.3 Å². The summed E-state index contributed by atoms with van der Waals surface area (Å²) in [6.07, 6.45) is 8.84. The van der Waals surface area contributed by atoms with Gasteiger partial charge in [0.05, 0.1) is 11.9 Å². The maximum atomic E-state index is 8.63. The van der Waals surface area contributed by atoms with E-state index in [1.165, 1.54) is 25.7 Å². The smallest absolute Gasteiger partial charge is 0.159 e. The molecular formula is C31H53N7O. The van der Waals surface area contributed by atoms with Gasteiger partial charge in [-0.2, -0.15) is 0 Å². The molecule has 1 aromatic carbocycles. The molecular weight excluding hydrogens is 486 g/mol. The highest BCUT2D eigenvalue weighted by atomic mass is 16.3. The number of anilines is 1.